The average Bonchev–Trinajstić information content (AvgIpc) is 3.25. The first-order valence-corrected chi connectivity index (χ1v) is 9.20. The van der Waals surface area contributed by atoms with Crippen LogP contribution in [0.1, 0.15) is 5.56 Å². The van der Waals surface area contributed by atoms with Crippen molar-refractivity contribution in [3.05, 3.63) is 94.8 Å². The van der Waals surface area contributed by atoms with Gasteiger partial charge in [0, 0.05) is 10.9 Å². The van der Waals surface area contributed by atoms with Crippen molar-refractivity contribution in [2.24, 2.45) is 0 Å². The normalized spacial score (nSPS) is 11.1. The standard InChI is InChI=1S/C23H16N4O2/c1-15-9-5-6-12-17(15)21-24-22(29-26-21)20-18-13-7-8-14-19(18)23(28)27(25-20)16-10-3-2-4-11-16/h2-14H,1H3. The molecule has 140 valence electrons. The Morgan fingerprint density at radius 2 is 1.52 bits per heavy atom. The molecule has 0 saturated carbocycles. The topological polar surface area (TPSA) is 73.8 Å². The summed E-state index contributed by atoms with van der Waals surface area (Å²) in [6, 6.07) is 24.4. The molecule has 5 aromatic rings. The van der Waals surface area contributed by atoms with Gasteiger partial charge in [-0.1, -0.05) is 65.8 Å². The lowest BCUT2D eigenvalue weighted by Gasteiger charge is -2.08. The van der Waals surface area contributed by atoms with E-state index in [0.29, 0.717) is 28.0 Å². The third kappa shape index (κ3) is 2.91. The molecule has 0 aliphatic carbocycles. The molecule has 0 saturated heterocycles. The zero-order valence-electron chi connectivity index (χ0n) is 15.6. The summed E-state index contributed by atoms with van der Waals surface area (Å²) in [6.45, 7) is 1.99. The van der Waals surface area contributed by atoms with Crippen LogP contribution in [0.2, 0.25) is 0 Å². The van der Waals surface area contributed by atoms with Crippen LogP contribution in [0.3, 0.4) is 0 Å². The molecular weight excluding hydrogens is 364 g/mol. The van der Waals surface area contributed by atoms with Crippen molar-refractivity contribution < 1.29 is 4.52 Å². The summed E-state index contributed by atoms with van der Waals surface area (Å²) in [5.74, 6) is 0.755. The molecule has 2 heterocycles. The van der Waals surface area contributed by atoms with E-state index in [9.17, 15) is 4.79 Å². The monoisotopic (exact) mass is 380 g/mol. The van der Waals surface area contributed by atoms with Crippen LogP contribution in [0.25, 0.3) is 39.4 Å². The quantitative estimate of drug-likeness (QED) is 0.463. The second-order valence-electron chi connectivity index (χ2n) is 6.68. The highest BCUT2D eigenvalue weighted by Gasteiger charge is 2.19. The molecule has 0 aliphatic heterocycles. The molecule has 0 N–H and O–H groups in total. The molecule has 6 nitrogen and oxygen atoms in total. The number of hydrogen-bond acceptors (Lipinski definition) is 5. The first-order chi connectivity index (χ1) is 14.2. The van der Waals surface area contributed by atoms with Gasteiger partial charge in [-0.25, -0.2) is 0 Å². The summed E-state index contributed by atoms with van der Waals surface area (Å²) in [6.07, 6.45) is 0. The molecular formula is C23H16N4O2. The third-order valence-corrected chi connectivity index (χ3v) is 4.82. The van der Waals surface area contributed by atoms with Gasteiger partial charge in [0.2, 0.25) is 5.82 Å². The number of hydrogen-bond donors (Lipinski definition) is 0. The molecule has 0 aliphatic rings. The van der Waals surface area contributed by atoms with Crippen LogP contribution in [0.15, 0.2) is 88.2 Å². The summed E-state index contributed by atoms with van der Waals surface area (Å²) < 4.78 is 6.93. The van der Waals surface area contributed by atoms with Gasteiger partial charge >= 0.3 is 0 Å². The second-order valence-corrected chi connectivity index (χ2v) is 6.68. The summed E-state index contributed by atoms with van der Waals surface area (Å²) in [5, 5.41) is 9.93. The Balaban J connectivity index is 1.75. The Hall–Kier alpha value is -4.06. The lowest BCUT2D eigenvalue weighted by Crippen LogP contribution is -2.22. The summed E-state index contributed by atoms with van der Waals surface area (Å²) in [4.78, 5) is 17.6. The zero-order chi connectivity index (χ0) is 19.8. The van der Waals surface area contributed by atoms with Crippen LogP contribution >= 0.6 is 0 Å². The van der Waals surface area contributed by atoms with Gasteiger partial charge in [-0.15, -0.1) is 0 Å². The SMILES string of the molecule is Cc1ccccc1-c1noc(-c2nn(-c3ccccc3)c(=O)c3ccccc23)n1. The molecule has 2 aromatic heterocycles. The predicted octanol–water partition coefficient (Wildman–Crippen LogP) is 4.41. The second kappa shape index (κ2) is 6.83. The van der Waals surface area contributed by atoms with Crippen molar-refractivity contribution >= 4 is 10.8 Å². The minimum atomic E-state index is -0.200. The van der Waals surface area contributed by atoms with Crippen LogP contribution < -0.4 is 5.56 Å². The van der Waals surface area contributed by atoms with Crippen molar-refractivity contribution in [1.82, 2.24) is 19.9 Å². The molecule has 5 rings (SSSR count). The van der Waals surface area contributed by atoms with E-state index in [1.54, 1.807) is 6.07 Å². The Morgan fingerprint density at radius 3 is 2.31 bits per heavy atom. The van der Waals surface area contributed by atoms with Crippen LogP contribution in [-0.4, -0.2) is 19.9 Å². The molecule has 0 unspecified atom stereocenters. The van der Waals surface area contributed by atoms with E-state index in [4.69, 9.17) is 4.52 Å². The van der Waals surface area contributed by atoms with Gasteiger partial charge in [0.25, 0.3) is 11.4 Å². The summed E-state index contributed by atoms with van der Waals surface area (Å²) >= 11 is 0. The molecule has 0 bridgehead atoms. The zero-order valence-corrected chi connectivity index (χ0v) is 15.6. The van der Waals surface area contributed by atoms with Crippen LogP contribution in [-0.2, 0) is 0 Å². The minimum absolute atomic E-state index is 0.200. The van der Waals surface area contributed by atoms with E-state index in [2.05, 4.69) is 15.2 Å². The van der Waals surface area contributed by atoms with Gasteiger partial charge in [0.15, 0.2) is 5.69 Å². The number of benzene rings is 3. The van der Waals surface area contributed by atoms with E-state index < -0.39 is 0 Å². The Morgan fingerprint density at radius 1 is 0.828 bits per heavy atom. The van der Waals surface area contributed by atoms with Crippen molar-refractivity contribution in [1.29, 1.82) is 0 Å². The van der Waals surface area contributed by atoms with Crippen LogP contribution in [0.4, 0.5) is 0 Å². The van der Waals surface area contributed by atoms with E-state index in [0.717, 1.165) is 11.1 Å². The van der Waals surface area contributed by atoms with Gasteiger partial charge in [-0.2, -0.15) is 14.8 Å². The van der Waals surface area contributed by atoms with E-state index in [1.165, 1.54) is 4.68 Å². The summed E-state index contributed by atoms with van der Waals surface area (Å²) in [7, 11) is 0. The molecule has 0 fully saturated rings. The van der Waals surface area contributed by atoms with Gasteiger partial charge in [0.1, 0.15) is 0 Å². The maximum absolute atomic E-state index is 13.0. The first kappa shape index (κ1) is 17.1. The maximum Gasteiger partial charge on any atom is 0.279 e. The third-order valence-electron chi connectivity index (χ3n) is 4.82. The number of para-hydroxylation sites is 1. The molecule has 0 spiro atoms. The molecule has 0 radical (unpaired) electrons. The van der Waals surface area contributed by atoms with Gasteiger partial charge in [-0.05, 0) is 30.7 Å². The van der Waals surface area contributed by atoms with E-state index in [-0.39, 0.29) is 11.4 Å². The van der Waals surface area contributed by atoms with Crippen molar-refractivity contribution in [3.8, 4) is 28.7 Å². The highest BCUT2D eigenvalue weighted by molar-refractivity contribution is 5.92. The van der Waals surface area contributed by atoms with Crippen molar-refractivity contribution in [2.45, 2.75) is 6.92 Å². The number of nitrogens with zero attached hydrogens (tertiary/aromatic N) is 4. The lowest BCUT2D eigenvalue weighted by molar-refractivity contribution is 0.430. The fraction of sp³-hybridized carbons (Fsp3) is 0.0435. The molecule has 6 heteroatoms. The van der Waals surface area contributed by atoms with Gasteiger partial charge in [-0.3, -0.25) is 4.79 Å². The predicted molar refractivity (Wildman–Crippen MR) is 111 cm³/mol. The Labute approximate surface area is 166 Å². The van der Waals surface area contributed by atoms with Crippen molar-refractivity contribution in [3.63, 3.8) is 0 Å². The Kier molecular flexibility index (Phi) is 4.02. The Bertz CT molecular complexity index is 1390. The number of fused-ring (bicyclic) bond motifs is 1. The smallest absolute Gasteiger partial charge is 0.279 e. The molecule has 29 heavy (non-hydrogen) atoms. The van der Waals surface area contributed by atoms with E-state index in [1.807, 2.05) is 79.7 Å². The minimum Gasteiger partial charge on any atom is -0.332 e. The number of aryl methyl sites for hydroxylation is 1. The van der Waals surface area contributed by atoms with E-state index >= 15 is 0 Å². The highest BCUT2D eigenvalue weighted by Crippen LogP contribution is 2.27. The number of rotatable bonds is 3. The lowest BCUT2D eigenvalue weighted by atomic mass is 10.1. The fourth-order valence-corrected chi connectivity index (χ4v) is 3.34. The fourth-order valence-electron chi connectivity index (χ4n) is 3.34. The average molecular weight is 380 g/mol. The van der Waals surface area contributed by atoms with Crippen LogP contribution in [0, 0.1) is 6.92 Å². The maximum atomic E-state index is 13.0. The molecule has 0 atom stereocenters. The van der Waals surface area contributed by atoms with Gasteiger partial charge < -0.3 is 4.52 Å². The first-order valence-electron chi connectivity index (χ1n) is 9.20. The molecule has 0 amide bonds. The molecule has 3 aromatic carbocycles. The van der Waals surface area contributed by atoms with Crippen LogP contribution in [0.5, 0.6) is 0 Å². The number of aromatic nitrogens is 4. The van der Waals surface area contributed by atoms with Crippen molar-refractivity contribution in [2.75, 3.05) is 0 Å². The highest BCUT2D eigenvalue weighted by atomic mass is 16.5. The summed E-state index contributed by atoms with van der Waals surface area (Å²) in [5.41, 5.74) is 2.88. The largest absolute Gasteiger partial charge is 0.332 e. The van der Waals surface area contributed by atoms with Gasteiger partial charge in [0.05, 0.1) is 11.1 Å².